The van der Waals surface area contributed by atoms with Gasteiger partial charge in [0.1, 0.15) is 0 Å². The average Bonchev–Trinajstić information content (AvgIpc) is 2.78. The summed E-state index contributed by atoms with van der Waals surface area (Å²) >= 11 is 0. The molecule has 1 aliphatic rings. The Hall–Kier alpha value is -1.69. The lowest BCUT2D eigenvalue weighted by molar-refractivity contribution is -0.136. The topological polar surface area (TPSA) is 92.5 Å². The minimum Gasteiger partial charge on any atom is -0.355 e. The van der Waals surface area contributed by atoms with Crippen LogP contribution in [0.2, 0.25) is 0 Å². The summed E-state index contributed by atoms with van der Waals surface area (Å²) in [6, 6.07) is 0. The lowest BCUT2D eigenvalue weighted by Crippen LogP contribution is -2.31. The summed E-state index contributed by atoms with van der Waals surface area (Å²) < 4.78 is 0. The molecule has 0 fully saturated rings. The van der Waals surface area contributed by atoms with Gasteiger partial charge in [-0.05, 0) is 12.8 Å². The monoisotopic (exact) mass is 283 g/mol. The van der Waals surface area contributed by atoms with Crippen LogP contribution in [-0.4, -0.2) is 42.3 Å². The molecule has 1 heterocycles. The number of nitrogens with one attached hydrogen (secondary N) is 1. The Morgan fingerprint density at radius 1 is 1.15 bits per heavy atom. The molecule has 0 unspecified atom stereocenters. The van der Waals surface area contributed by atoms with E-state index in [9.17, 15) is 14.4 Å². The summed E-state index contributed by atoms with van der Waals surface area (Å²) in [6.45, 7) is 5.37. The first-order valence-electron chi connectivity index (χ1n) is 7.15. The fourth-order valence-electron chi connectivity index (χ4n) is 1.68. The maximum Gasteiger partial charge on any atom is 0.253 e. The summed E-state index contributed by atoms with van der Waals surface area (Å²) in [5, 5.41) is 2.69. The standard InChI is InChI=1S/C12H19N3O3.C2H6/c13-7-8-14-10(16)4-2-1-3-9-15-11(17)5-6-12(15)18;1-2/h5-6H,1-4,7-9,13H2,(H,14,16);1-2H3. The molecular weight excluding hydrogens is 258 g/mol. The highest BCUT2D eigenvalue weighted by Gasteiger charge is 2.22. The Morgan fingerprint density at radius 3 is 2.30 bits per heavy atom. The number of hydrogen-bond acceptors (Lipinski definition) is 4. The summed E-state index contributed by atoms with van der Waals surface area (Å²) in [5.41, 5.74) is 5.26. The van der Waals surface area contributed by atoms with Gasteiger partial charge in [0.05, 0.1) is 0 Å². The van der Waals surface area contributed by atoms with Crippen LogP contribution in [0.25, 0.3) is 0 Å². The van der Waals surface area contributed by atoms with Crippen LogP contribution in [0, 0.1) is 0 Å². The van der Waals surface area contributed by atoms with Crippen molar-refractivity contribution in [3.05, 3.63) is 12.2 Å². The predicted octanol–water partition coefficient (Wildman–Crippen LogP) is 0.573. The van der Waals surface area contributed by atoms with Crippen molar-refractivity contribution in [2.24, 2.45) is 5.73 Å². The molecule has 0 radical (unpaired) electrons. The van der Waals surface area contributed by atoms with Crippen molar-refractivity contribution in [3.63, 3.8) is 0 Å². The van der Waals surface area contributed by atoms with Crippen molar-refractivity contribution in [2.75, 3.05) is 19.6 Å². The quantitative estimate of drug-likeness (QED) is 0.503. The van der Waals surface area contributed by atoms with Crippen LogP contribution >= 0.6 is 0 Å². The highest BCUT2D eigenvalue weighted by molar-refractivity contribution is 6.12. The van der Waals surface area contributed by atoms with Crippen LogP contribution in [0.1, 0.15) is 39.5 Å². The van der Waals surface area contributed by atoms with Gasteiger partial charge < -0.3 is 11.1 Å². The first-order valence-corrected chi connectivity index (χ1v) is 7.15. The molecule has 0 aliphatic carbocycles. The fourth-order valence-corrected chi connectivity index (χ4v) is 1.68. The molecule has 20 heavy (non-hydrogen) atoms. The van der Waals surface area contributed by atoms with Gasteiger partial charge in [-0.25, -0.2) is 0 Å². The number of unbranched alkanes of at least 4 members (excludes halogenated alkanes) is 2. The molecule has 3 N–H and O–H groups in total. The van der Waals surface area contributed by atoms with E-state index in [2.05, 4.69) is 5.32 Å². The van der Waals surface area contributed by atoms with Gasteiger partial charge in [0, 0.05) is 38.2 Å². The van der Waals surface area contributed by atoms with Crippen LogP contribution in [0.3, 0.4) is 0 Å². The van der Waals surface area contributed by atoms with Crippen LogP contribution < -0.4 is 11.1 Å². The highest BCUT2D eigenvalue weighted by Crippen LogP contribution is 2.07. The second kappa shape index (κ2) is 11.2. The molecule has 1 rings (SSSR count). The van der Waals surface area contributed by atoms with E-state index in [4.69, 9.17) is 5.73 Å². The predicted molar refractivity (Wildman–Crippen MR) is 77.7 cm³/mol. The van der Waals surface area contributed by atoms with Gasteiger partial charge in [-0.15, -0.1) is 0 Å². The molecule has 0 atom stereocenters. The van der Waals surface area contributed by atoms with E-state index in [1.807, 2.05) is 13.8 Å². The third kappa shape index (κ3) is 7.04. The van der Waals surface area contributed by atoms with Crippen LogP contribution in [0.15, 0.2) is 12.2 Å². The van der Waals surface area contributed by atoms with Crippen molar-refractivity contribution in [1.29, 1.82) is 0 Å². The molecule has 6 heteroatoms. The number of amides is 3. The Bertz CT molecular complexity index is 336. The minimum absolute atomic E-state index is 0.00422. The van der Waals surface area contributed by atoms with Gasteiger partial charge in [0.2, 0.25) is 5.91 Å². The SMILES string of the molecule is CC.NCCNC(=O)CCCCCN1C(=O)C=CC1=O. The van der Waals surface area contributed by atoms with Gasteiger partial charge in [0.25, 0.3) is 11.8 Å². The molecule has 6 nitrogen and oxygen atoms in total. The molecule has 114 valence electrons. The van der Waals surface area contributed by atoms with E-state index in [1.54, 1.807) is 0 Å². The second-order valence-electron chi connectivity index (χ2n) is 4.11. The maximum absolute atomic E-state index is 11.2. The molecule has 0 bridgehead atoms. The first-order chi connectivity index (χ1) is 9.65. The Balaban J connectivity index is 0.00000172. The molecular formula is C14H25N3O3. The molecule has 0 aromatic rings. The van der Waals surface area contributed by atoms with Gasteiger partial charge >= 0.3 is 0 Å². The van der Waals surface area contributed by atoms with E-state index in [-0.39, 0.29) is 17.7 Å². The van der Waals surface area contributed by atoms with Crippen molar-refractivity contribution in [1.82, 2.24) is 10.2 Å². The molecule has 0 aromatic heterocycles. The maximum atomic E-state index is 11.2. The van der Waals surface area contributed by atoms with Crippen LogP contribution in [0.5, 0.6) is 0 Å². The summed E-state index contributed by atoms with van der Waals surface area (Å²) in [5.74, 6) is -0.503. The Morgan fingerprint density at radius 2 is 1.75 bits per heavy atom. The lowest BCUT2D eigenvalue weighted by Gasteiger charge is -2.12. The zero-order chi connectivity index (χ0) is 15.4. The van der Waals surface area contributed by atoms with E-state index < -0.39 is 0 Å². The molecule has 0 saturated carbocycles. The van der Waals surface area contributed by atoms with Crippen molar-refractivity contribution >= 4 is 17.7 Å². The van der Waals surface area contributed by atoms with Crippen molar-refractivity contribution < 1.29 is 14.4 Å². The summed E-state index contributed by atoms with van der Waals surface area (Å²) in [6.07, 6.45) is 5.31. The van der Waals surface area contributed by atoms with Crippen LogP contribution in [0.4, 0.5) is 0 Å². The lowest BCUT2D eigenvalue weighted by atomic mass is 10.2. The largest absolute Gasteiger partial charge is 0.355 e. The average molecular weight is 283 g/mol. The molecule has 0 aromatic carbocycles. The van der Waals surface area contributed by atoms with Crippen molar-refractivity contribution in [2.45, 2.75) is 39.5 Å². The number of carbonyl (C=O) groups excluding carboxylic acids is 3. The second-order valence-corrected chi connectivity index (χ2v) is 4.11. The molecule has 1 aliphatic heterocycles. The highest BCUT2D eigenvalue weighted by atomic mass is 16.2. The van der Waals surface area contributed by atoms with Gasteiger partial charge in [0.15, 0.2) is 0 Å². The number of nitrogens with zero attached hydrogens (tertiary/aromatic N) is 1. The number of hydrogen-bond donors (Lipinski definition) is 2. The van der Waals surface area contributed by atoms with Gasteiger partial charge in [-0.3, -0.25) is 19.3 Å². The smallest absolute Gasteiger partial charge is 0.253 e. The zero-order valence-corrected chi connectivity index (χ0v) is 12.4. The van der Waals surface area contributed by atoms with E-state index >= 15 is 0 Å². The third-order valence-corrected chi connectivity index (χ3v) is 2.65. The number of nitrogens with two attached hydrogens (primary N) is 1. The molecule has 0 spiro atoms. The summed E-state index contributed by atoms with van der Waals surface area (Å²) in [4.78, 5) is 34.9. The molecule has 0 saturated heterocycles. The van der Waals surface area contributed by atoms with Gasteiger partial charge in [-0.2, -0.15) is 0 Å². The summed E-state index contributed by atoms with van der Waals surface area (Å²) in [7, 11) is 0. The third-order valence-electron chi connectivity index (χ3n) is 2.65. The zero-order valence-electron chi connectivity index (χ0n) is 12.4. The van der Waals surface area contributed by atoms with Crippen LogP contribution in [-0.2, 0) is 14.4 Å². The number of imide groups is 1. The van der Waals surface area contributed by atoms with Gasteiger partial charge in [-0.1, -0.05) is 20.3 Å². The van der Waals surface area contributed by atoms with E-state index in [0.29, 0.717) is 26.1 Å². The fraction of sp³-hybridized carbons (Fsp3) is 0.643. The van der Waals surface area contributed by atoms with E-state index in [0.717, 1.165) is 19.3 Å². The first kappa shape index (κ1) is 18.3. The molecule has 3 amide bonds. The van der Waals surface area contributed by atoms with Crippen molar-refractivity contribution in [3.8, 4) is 0 Å². The minimum atomic E-state index is -0.249. The Kier molecular flexibility index (Phi) is 10.2. The normalized spacial score (nSPS) is 13.2. The number of rotatable bonds is 8. The van der Waals surface area contributed by atoms with E-state index in [1.165, 1.54) is 17.1 Å². The number of carbonyl (C=O) groups is 3. The Labute approximate surface area is 120 Å².